The molecule has 1 saturated heterocycles. The molecule has 1 aromatic carbocycles. The molecular formula is C14H14N2O3S. The molecule has 0 bridgehead atoms. The van der Waals surface area contributed by atoms with Gasteiger partial charge >= 0.3 is 0 Å². The molecule has 1 fully saturated rings. The standard InChI is InChI=1S/C14H14N2O3S/c17-13-7-20(18,19)6-11(13)14-10-4-2-1-3-9(10)12-5-15-8-16(12)14/h1-5,8,11,13-14,17H,6-7H2/t11-,13-,14-/m0/s1. The van der Waals surface area contributed by atoms with Crippen LogP contribution < -0.4 is 0 Å². The van der Waals surface area contributed by atoms with Crippen molar-refractivity contribution in [2.45, 2.75) is 12.1 Å². The van der Waals surface area contributed by atoms with E-state index >= 15 is 0 Å². The summed E-state index contributed by atoms with van der Waals surface area (Å²) in [6.45, 7) is 0. The van der Waals surface area contributed by atoms with E-state index in [9.17, 15) is 13.5 Å². The Balaban J connectivity index is 1.87. The molecule has 0 radical (unpaired) electrons. The van der Waals surface area contributed by atoms with Gasteiger partial charge in [-0.25, -0.2) is 13.4 Å². The number of nitrogens with zero attached hydrogens (tertiary/aromatic N) is 2. The number of imidazole rings is 1. The van der Waals surface area contributed by atoms with Crippen molar-refractivity contribution in [3.63, 3.8) is 0 Å². The van der Waals surface area contributed by atoms with Gasteiger partial charge in [-0.1, -0.05) is 24.3 Å². The Morgan fingerprint density at radius 3 is 2.80 bits per heavy atom. The molecule has 2 aromatic rings. The molecule has 0 saturated carbocycles. The van der Waals surface area contributed by atoms with Crippen LogP contribution in [0.3, 0.4) is 0 Å². The quantitative estimate of drug-likeness (QED) is 0.845. The van der Waals surface area contributed by atoms with E-state index in [2.05, 4.69) is 4.98 Å². The highest BCUT2D eigenvalue weighted by Crippen LogP contribution is 2.45. The average molecular weight is 290 g/mol. The van der Waals surface area contributed by atoms with Crippen molar-refractivity contribution in [3.8, 4) is 11.3 Å². The fourth-order valence-electron chi connectivity index (χ4n) is 3.47. The molecule has 20 heavy (non-hydrogen) atoms. The van der Waals surface area contributed by atoms with Gasteiger partial charge in [-0.2, -0.15) is 0 Å². The molecule has 6 heteroatoms. The molecule has 3 heterocycles. The van der Waals surface area contributed by atoms with E-state index < -0.39 is 15.9 Å². The Hall–Kier alpha value is -1.66. The smallest absolute Gasteiger partial charge is 0.153 e. The summed E-state index contributed by atoms with van der Waals surface area (Å²) < 4.78 is 25.6. The molecule has 2 aliphatic heterocycles. The molecular weight excluding hydrogens is 276 g/mol. The summed E-state index contributed by atoms with van der Waals surface area (Å²) >= 11 is 0. The summed E-state index contributed by atoms with van der Waals surface area (Å²) in [7, 11) is -3.15. The van der Waals surface area contributed by atoms with Crippen molar-refractivity contribution in [2.24, 2.45) is 5.92 Å². The molecule has 0 amide bonds. The molecule has 0 aliphatic carbocycles. The minimum atomic E-state index is -3.15. The van der Waals surface area contributed by atoms with E-state index in [-0.39, 0.29) is 23.5 Å². The zero-order chi connectivity index (χ0) is 13.9. The Kier molecular flexibility index (Phi) is 2.38. The zero-order valence-corrected chi connectivity index (χ0v) is 11.5. The predicted octanol–water partition coefficient (Wildman–Crippen LogP) is 0.858. The van der Waals surface area contributed by atoms with Crippen LogP contribution in [-0.4, -0.2) is 40.7 Å². The molecule has 5 nitrogen and oxygen atoms in total. The highest BCUT2D eigenvalue weighted by molar-refractivity contribution is 7.91. The van der Waals surface area contributed by atoms with Gasteiger partial charge in [-0.05, 0) is 5.56 Å². The summed E-state index contributed by atoms with van der Waals surface area (Å²) in [5.74, 6) is -0.415. The Morgan fingerprint density at radius 1 is 1.25 bits per heavy atom. The topological polar surface area (TPSA) is 72.2 Å². The van der Waals surface area contributed by atoms with Gasteiger partial charge in [-0.3, -0.25) is 0 Å². The van der Waals surface area contributed by atoms with Crippen molar-refractivity contribution in [2.75, 3.05) is 11.5 Å². The van der Waals surface area contributed by atoms with E-state index in [1.54, 1.807) is 12.5 Å². The van der Waals surface area contributed by atoms with E-state index in [0.29, 0.717) is 0 Å². The second-order valence-electron chi connectivity index (χ2n) is 5.53. The molecule has 4 rings (SSSR count). The van der Waals surface area contributed by atoms with Crippen molar-refractivity contribution in [1.82, 2.24) is 9.55 Å². The lowest BCUT2D eigenvalue weighted by Gasteiger charge is -2.23. The van der Waals surface area contributed by atoms with Gasteiger partial charge in [-0.15, -0.1) is 0 Å². The normalized spacial score (nSPS) is 30.1. The molecule has 3 atom stereocenters. The third-order valence-electron chi connectivity index (χ3n) is 4.29. The third-order valence-corrected chi connectivity index (χ3v) is 6.03. The number of fused-ring (bicyclic) bond motifs is 3. The number of aliphatic hydroxyl groups is 1. The lowest BCUT2D eigenvalue weighted by molar-refractivity contribution is 0.128. The number of hydrogen-bond acceptors (Lipinski definition) is 4. The number of sulfone groups is 1. The summed E-state index contributed by atoms with van der Waals surface area (Å²) in [5, 5.41) is 10.2. The second kappa shape index (κ2) is 3.93. The number of aromatic nitrogens is 2. The Labute approximate surface area is 116 Å². The Morgan fingerprint density at radius 2 is 2.05 bits per heavy atom. The average Bonchev–Trinajstić information content (AvgIpc) is 3.02. The van der Waals surface area contributed by atoms with E-state index in [1.165, 1.54) is 0 Å². The summed E-state index contributed by atoms with van der Waals surface area (Å²) in [4.78, 5) is 4.16. The zero-order valence-electron chi connectivity index (χ0n) is 10.7. The van der Waals surface area contributed by atoms with Crippen LogP contribution in [0.5, 0.6) is 0 Å². The maximum Gasteiger partial charge on any atom is 0.153 e. The van der Waals surface area contributed by atoms with Crippen LogP contribution in [0.15, 0.2) is 36.8 Å². The number of benzene rings is 1. The van der Waals surface area contributed by atoms with Crippen LogP contribution in [0.25, 0.3) is 11.3 Å². The largest absolute Gasteiger partial charge is 0.392 e. The first-order valence-corrected chi connectivity index (χ1v) is 8.38. The molecule has 1 N–H and O–H groups in total. The summed E-state index contributed by atoms with van der Waals surface area (Å²) in [6, 6.07) is 7.78. The van der Waals surface area contributed by atoms with Crippen LogP contribution in [-0.2, 0) is 9.84 Å². The van der Waals surface area contributed by atoms with Crippen molar-refractivity contribution < 1.29 is 13.5 Å². The van der Waals surface area contributed by atoms with Crippen LogP contribution in [0, 0.1) is 5.92 Å². The van der Waals surface area contributed by atoms with Crippen LogP contribution in [0.4, 0.5) is 0 Å². The van der Waals surface area contributed by atoms with Crippen LogP contribution >= 0.6 is 0 Å². The first kappa shape index (κ1) is 12.1. The third kappa shape index (κ3) is 1.58. The highest BCUT2D eigenvalue weighted by atomic mass is 32.2. The monoisotopic (exact) mass is 290 g/mol. The van der Waals surface area contributed by atoms with Gasteiger partial charge < -0.3 is 9.67 Å². The minimum Gasteiger partial charge on any atom is -0.392 e. The first-order chi connectivity index (χ1) is 9.57. The molecule has 0 spiro atoms. The maximum atomic E-state index is 11.8. The van der Waals surface area contributed by atoms with Gasteiger partial charge in [0.05, 0.1) is 41.9 Å². The van der Waals surface area contributed by atoms with Gasteiger partial charge in [0, 0.05) is 11.5 Å². The van der Waals surface area contributed by atoms with Crippen LogP contribution in [0.2, 0.25) is 0 Å². The number of rotatable bonds is 1. The number of aliphatic hydroxyl groups excluding tert-OH is 1. The lowest BCUT2D eigenvalue weighted by Crippen LogP contribution is -2.27. The first-order valence-electron chi connectivity index (χ1n) is 6.56. The van der Waals surface area contributed by atoms with E-state index in [0.717, 1.165) is 16.8 Å². The van der Waals surface area contributed by atoms with Crippen LogP contribution in [0.1, 0.15) is 11.6 Å². The summed E-state index contributed by atoms with van der Waals surface area (Å²) in [6.07, 6.45) is 2.69. The Bertz CT molecular complexity index is 781. The summed E-state index contributed by atoms with van der Waals surface area (Å²) in [5.41, 5.74) is 3.14. The van der Waals surface area contributed by atoms with Gasteiger partial charge in [0.1, 0.15) is 0 Å². The fraction of sp³-hybridized carbons (Fsp3) is 0.357. The van der Waals surface area contributed by atoms with Crippen molar-refractivity contribution in [3.05, 3.63) is 42.4 Å². The maximum absolute atomic E-state index is 11.8. The molecule has 1 aromatic heterocycles. The molecule has 0 unspecified atom stereocenters. The minimum absolute atomic E-state index is 0.0325. The van der Waals surface area contributed by atoms with Gasteiger partial charge in [0.25, 0.3) is 0 Å². The lowest BCUT2D eigenvalue weighted by atomic mass is 9.90. The van der Waals surface area contributed by atoms with Gasteiger partial charge in [0.2, 0.25) is 0 Å². The molecule has 104 valence electrons. The number of hydrogen-bond donors (Lipinski definition) is 1. The van der Waals surface area contributed by atoms with E-state index in [4.69, 9.17) is 0 Å². The van der Waals surface area contributed by atoms with E-state index in [1.807, 2.05) is 28.8 Å². The SMILES string of the molecule is O=S1(=O)C[C@H]([C@@H]2c3ccccc3-c3cncn32)[C@@H](O)C1. The predicted molar refractivity (Wildman–Crippen MR) is 74.0 cm³/mol. The highest BCUT2D eigenvalue weighted by Gasteiger charge is 2.45. The second-order valence-corrected chi connectivity index (χ2v) is 7.68. The van der Waals surface area contributed by atoms with Crippen molar-refractivity contribution in [1.29, 1.82) is 0 Å². The molecule has 2 aliphatic rings. The van der Waals surface area contributed by atoms with Gasteiger partial charge in [0.15, 0.2) is 9.84 Å². The fourth-order valence-corrected chi connectivity index (χ4v) is 5.36. The van der Waals surface area contributed by atoms with Crippen molar-refractivity contribution >= 4 is 9.84 Å².